The number of rotatable bonds is 3. The smallest absolute Gasteiger partial charge is 0.0278 e. The highest BCUT2D eigenvalue weighted by molar-refractivity contribution is 5.37. The van der Waals surface area contributed by atoms with E-state index in [1.54, 1.807) is 0 Å². The zero-order chi connectivity index (χ0) is 14.9. The summed E-state index contributed by atoms with van der Waals surface area (Å²) in [5, 5.41) is 3.71. The monoisotopic (exact) mass is 274 g/mol. The Labute approximate surface area is 124 Å². The van der Waals surface area contributed by atoms with Crippen molar-refractivity contribution in [2.24, 2.45) is 0 Å². The molecule has 2 atom stereocenters. The van der Waals surface area contributed by atoms with Crippen molar-refractivity contribution in [1.29, 1.82) is 0 Å². The van der Waals surface area contributed by atoms with Gasteiger partial charge in [-0.1, -0.05) is 24.6 Å². The molecule has 1 aliphatic heterocycles. The molecular weight excluding hydrogens is 244 g/mol. The Balaban J connectivity index is 2.20. The maximum absolute atomic E-state index is 3.71. The molecule has 1 N–H and O–H groups in total. The van der Waals surface area contributed by atoms with Crippen molar-refractivity contribution in [2.45, 2.75) is 66.1 Å². The van der Waals surface area contributed by atoms with E-state index in [9.17, 15) is 0 Å². The molecule has 2 nitrogen and oxygen atoms in total. The van der Waals surface area contributed by atoms with Crippen molar-refractivity contribution in [3.63, 3.8) is 0 Å². The Morgan fingerprint density at radius 3 is 2.40 bits per heavy atom. The van der Waals surface area contributed by atoms with Crippen LogP contribution in [0.3, 0.4) is 0 Å². The van der Waals surface area contributed by atoms with Gasteiger partial charge in [-0.15, -0.1) is 0 Å². The maximum atomic E-state index is 3.71. The Morgan fingerprint density at radius 1 is 1.25 bits per heavy atom. The molecule has 112 valence electrons. The molecule has 0 amide bonds. The Hall–Kier alpha value is -0.860. The number of hydrogen-bond acceptors (Lipinski definition) is 2. The minimum Gasteiger partial charge on any atom is -0.309 e. The van der Waals surface area contributed by atoms with Crippen molar-refractivity contribution in [3.05, 3.63) is 34.4 Å². The predicted molar refractivity (Wildman–Crippen MR) is 87.2 cm³/mol. The average Bonchev–Trinajstić information content (AvgIpc) is 2.38. The Morgan fingerprint density at radius 2 is 1.85 bits per heavy atom. The molecule has 2 rings (SSSR count). The van der Waals surface area contributed by atoms with Crippen molar-refractivity contribution in [2.75, 3.05) is 13.1 Å². The van der Waals surface area contributed by atoms with Gasteiger partial charge in [-0.05, 0) is 57.7 Å². The van der Waals surface area contributed by atoms with Crippen LogP contribution < -0.4 is 5.32 Å². The first-order valence-electron chi connectivity index (χ1n) is 7.90. The van der Waals surface area contributed by atoms with Gasteiger partial charge in [0.25, 0.3) is 0 Å². The van der Waals surface area contributed by atoms with Gasteiger partial charge in [0.05, 0.1) is 0 Å². The molecule has 0 bridgehead atoms. The van der Waals surface area contributed by atoms with Gasteiger partial charge in [0.15, 0.2) is 0 Å². The standard InChI is InChI=1S/C18H30N2/c1-7-18(6)12-20(16(5)10-19-18)11-17-14(3)8-13(2)9-15(17)4/h8-9,16,19H,7,10-12H2,1-6H3. The van der Waals surface area contributed by atoms with Gasteiger partial charge in [0.1, 0.15) is 0 Å². The quantitative estimate of drug-likeness (QED) is 0.906. The lowest BCUT2D eigenvalue weighted by Gasteiger charge is -2.45. The zero-order valence-electron chi connectivity index (χ0n) is 14.0. The molecule has 20 heavy (non-hydrogen) atoms. The van der Waals surface area contributed by atoms with E-state index < -0.39 is 0 Å². The zero-order valence-corrected chi connectivity index (χ0v) is 14.0. The van der Waals surface area contributed by atoms with Crippen LogP contribution in [0.25, 0.3) is 0 Å². The molecule has 1 heterocycles. The average molecular weight is 274 g/mol. The van der Waals surface area contributed by atoms with Crippen LogP contribution in [0.2, 0.25) is 0 Å². The van der Waals surface area contributed by atoms with Crippen molar-refractivity contribution < 1.29 is 0 Å². The number of nitrogens with zero attached hydrogens (tertiary/aromatic N) is 1. The van der Waals surface area contributed by atoms with E-state index in [4.69, 9.17) is 0 Å². The Bertz CT molecular complexity index is 457. The summed E-state index contributed by atoms with van der Waals surface area (Å²) in [5.41, 5.74) is 6.02. The fourth-order valence-corrected chi connectivity index (χ4v) is 3.29. The van der Waals surface area contributed by atoms with Crippen LogP contribution in [0, 0.1) is 20.8 Å². The highest BCUT2D eigenvalue weighted by atomic mass is 15.2. The first-order chi connectivity index (χ1) is 9.34. The number of piperazine rings is 1. The van der Waals surface area contributed by atoms with Crippen molar-refractivity contribution >= 4 is 0 Å². The second kappa shape index (κ2) is 5.87. The molecule has 1 aromatic carbocycles. The Kier molecular flexibility index (Phi) is 4.55. The first-order valence-corrected chi connectivity index (χ1v) is 7.90. The molecule has 0 saturated carbocycles. The molecule has 0 radical (unpaired) electrons. The molecule has 1 aliphatic rings. The van der Waals surface area contributed by atoms with Gasteiger partial charge in [-0.2, -0.15) is 0 Å². The molecule has 2 unspecified atom stereocenters. The number of benzene rings is 1. The topological polar surface area (TPSA) is 15.3 Å². The van der Waals surface area contributed by atoms with E-state index in [0.29, 0.717) is 6.04 Å². The molecular formula is C18H30N2. The molecule has 0 spiro atoms. The maximum Gasteiger partial charge on any atom is 0.0278 e. The summed E-state index contributed by atoms with van der Waals surface area (Å²) < 4.78 is 0. The largest absolute Gasteiger partial charge is 0.309 e. The van der Waals surface area contributed by atoms with Gasteiger partial charge in [-0.3, -0.25) is 4.90 Å². The van der Waals surface area contributed by atoms with Gasteiger partial charge in [-0.25, -0.2) is 0 Å². The molecule has 2 heteroatoms. The van der Waals surface area contributed by atoms with E-state index in [0.717, 1.165) is 19.6 Å². The highest BCUT2D eigenvalue weighted by Crippen LogP contribution is 2.24. The van der Waals surface area contributed by atoms with Crippen LogP contribution in [0.15, 0.2) is 12.1 Å². The highest BCUT2D eigenvalue weighted by Gasteiger charge is 2.32. The van der Waals surface area contributed by atoms with Crippen molar-refractivity contribution in [1.82, 2.24) is 10.2 Å². The SMILES string of the molecule is CCC1(C)CN(Cc2c(C)cc(C)cc2C)C(C)CN1. The first kappa shape index (κ1) is 15.5. The van der Waals surface area contributed by atoms with Gasteiger partial charge in [0.2, 0.25) is 0 Å². The van der Waals surface area contributed by atoms with Gasteiger partial charge in [0, 0.05) is 31.2 Å². The third-order valence-electron chi connectivity index (χ3n) is 4.98. The van der Waals surface area contributed by atoms with Crippen LogP contribution in [0.4, 0.5) is 0 Å². The minimum atomic E-state index is 0.263. The summed E-state index contributed by atoms with van der Waals surface area (Å²) in [6, 6.07) is 5.23. The van der Waals surface area contributed by atoms with Crippen LogP contribution in [0.5, 0.6) is 0 Å². The summed E-state index contributed by atoms with van der Waals surface area (Å²) >= 11 is 0. The van der Waals surface area contributed by atoms with Crippen LogP contribution in [-0.2, 0) is 6.54 Å². The second-order valence-corrected chi connectivity index (χ2v) is 6.93. The van der Waals surface area contributed by atoms with Crippen LogP contribution in [0.1, 0.15) is 49.4 Å². The molecule has 1 saturated heterocycles. The predicted octanol–water partition coefficient (Wildman–Crippen LogP) is 3.57. The molecule has 1 fully saturated rings. The summed E-state index contributed by atoms with van der Waals surface area (Å²) in [7, 11) is 0. The normalized spacial score (nSPS) is 27.8. The fourth-order valence-electron chi connectivity index (χ4n) is 3.29. The molecule has 0 aromatic heterocycles. The van der Waals surface area contributed by atoms with E-state index in [2.05, 4.69) is 63.9 Å². The lowest BCUT2D eigenvalue weighted by Crippen LogP contribution is -2.61. The molecule has 1 aromatic rings. The van der Waals surface area contributed by atoms with E-state index >= 15 is 0 Å². The lowest BCUT2D eigenvalue weighted by molar-refractivity contribution is 0.0862. The fraction of sp³-hybridized carbons (Fsp3) is 0.667. The summed E-state index contributed by atoms with van der Waals surface area (Å²) in [6.45, 7) is 17.0. The van der Waals surface area contributed by atoms with E-state index in [1.165, 1.54) is 28.7 Å². The van der Waals surface area contributed by atoms with E-state index in [1.807, 2.05) is 0 Å². The number of hydrogen-bond donors (Lipinski definition) is 1. The van der Waals surface area contributed by atoms with Crippen molar-refractivity contribution in [3.8, 4) is 0 Å². The molecule has 0 aliphatic carbocycles. The van der Waals surface area contributed by atoms with Gasteiger partial charge < -0.3 is 5.32 Å². The number of nitrogens with one attached hydrogen (secondary N) is 1. The lowest BCUT2D eigenvalue weighted by atomic mass is 9.92. The van der Waals surface area contributed by atoms with Crippen LogP contribution >= 0.6 is 0 Å². The van der Waals surface area contributed by atoms with Crippen LogP contribution in [-0.4, -0.2) is 29.6 Å². The summed E-state index contributed by atoms with van der Waals surface area (Å²) in [5.74, 6) is 0. The third kappa shape index (κ3) is 3.24. The minimum absolute atomic E-state index is 0.263. The second-order valence-electron chi connectivity index (χ2n) is 6.93. The third-order valence-corrected chi connectivity index (χ3v) is 4.98. The number of aryl methyl sites for hydroxylation is 3. The van der Waals surface area contributed by atoms with Gasteiger partial charge >= 0.3 is 0 Å². The summed E-state index contributed by atoms with van der Waals surface area (Å²) in [6.07, 6.45) is 1.18. The summed E-state index contributed by atoms with van der Waals surface area (Å²) in [4.78, 5) is 2.64. The van der Waals surface area contributed by atoms with E-state index in [-0.39, 0.29) is 5.54 Å².